The van der Waals surface area contributed by atoms with E-state index in [1.807, 2.05) is 14.0 Å². The van der Waals surface area contributed by atoms with E-state index in [2.05, 4.69) is 12.2 Å². The van der Waals surface area contributed by atoms with E-state index in [0.29, 0.717) is 19.3 Å². The van der Waals surface area contributed by atoms with Gasteiger partial charge in [-0.2, -0.15) is 0 Å². The standard InChI is InChI=1S/C9H21NO2/c1-4-9(10-3)8-12-7-6-11-5-2/h9-10H,4-8H2,1-3H3. The summed E-state index contributed by atoms with van der Waals surface area (Å²) in [6.45, 7) is 7.09. The van der Waals surface area contributed by atoms with Gasteiger partial charge in [-0.1, -0.05) is 6.92 Å². The summed E-state index contributed by atoms with van der Waals surface area (Å²) >= 11 is 0. The first-order valence-corrected chi connectivity index (χ1v) is 4.67. The zero-order chi connectivity index (χ0) is 9.23. The molecule has 3 nitrogen and oxygen atoms in total. The third kappa shape index (κ3) is 6.58. The molecular weight excluding hydrogens is 154 g/mol. The average Bonchev–Trinajstić information content (AvgIpc) is 2.11. The molecule has 0 spiro atoms. The normalized spacial score (nSPS) is 13.2. The SMILES string of the molecule is CCOCCOCC(CC)NC. The Morgan fingerprint density at radius 3 is 2.33 bits per heavy atom. The molecule has 0 rings (SSSR count). The van der Waals surface area contributed by atoms with Gasteiger partial charge in [-0.3, -0.25) is 0 Å². The fourth-order valence-corrected chi connectivity index (χ4v) is 0.893. The second-order valence-electron chi connectivity index (χ2n) is 2.67. The predicted molar refractivity (Wildman–Crippen MR) is 50.5 cm³/mol. The van der Waals surface area contributed by atoms with Crippen molar-refractivity contribution in [1.29, 1.82) is 0 Å². The lowest BCUT2D eigenvalue weighted by Crippen LogP contribution is -2.30. The van der Waals surface area contributed by atoms with Gasteiger partial charge in [-0.05, 0) is 20.4 Å². The number of nitrogens with one attached hydrogen (secondary N) is 1. The van der Waals surface area contributed by atoms with Crippen LogP contribution in [-0.4, -0.2) is 39.5 Å². The maximum Gasteiger partial charge on any atom is 0.0701 e. The Hall–Kier alpha value is -0.120. The highest BCUT2D eigenvalue weighted by Crippen LogP contribution is 1.90. The summed E-state index contributed by atoms with van der Waals surface area (Å²) in [5.41, 5.74) is 0. The van der Waals surface area contributed by atoms with E-state index < -0.39 is 0 Å². The van der Waals surface area contributed by atoms with Crippen molar-refractivity contribution in [3.63, 3.8) is 0 Å². The van der Waals surface area contributed by atoms with Crippen LogP contribution in [-0.2, 0) is 9.47 Å². The summed E-state index contributed by atoms with van der Waals surface area (Å²) in [5.74, 6) is 0. The number of ether oxygens (including phenoxy) is 2. The van der Waals surface area contributed by atoms with E-state index in [9.17, 15) is 0 Å². The molecular formula is C9H21NO2. The molecule has 0 aromatic rings. The number of hydrogen-bond donors (Lipinski definition) is 1. The molecule has 12 heavy (non-hydrogen) atoms. The van der Waals surface area contributed by atoms with E-state index in [1.165, 1.54) is 0 Å². The van der Waals surface area contributed by atoms with E-state index in [1.54, 1.807) is 0 Å². The average molecular weight is 175 g/mol. The highest BCUT2D eigenvalue weighted by molar-refractivity contribution is 4.59. The van der Waals surface area contributed by atoms with Crippen molar-refractivity contribution in [2.24, 2.45) is 0 Å². The van der Waals surface area contributed by atoms with Crippen molar-refractivity contribution in [3.8, 4) is 0 Å². The molecule has 0 heterocycles. The predicted octanol–water partition coefficient (Wildman–Crippen LogP) is 1.04. The summed E-state index contributed by atoms with van der Waals surface area (Å²) in [6.07, 6.45) is 1.10. The molecule has 0 aliphatic heterocycles. The van der Waals surface area contributed by atoms with Crippen LogP contribution in [0, 0.1) is 0 Å². The Morgan fingerprint density at radius 1 is 1.17 bits per heavy atom. The lowest BCUT2D eigenvalue weighted by molar-refractivity contribution is 0.0439. The summed E-state index contributed by atoms with van der Waals surface area (Å²) in [7, 11) is 1.96. The van der Waals surface area contributed by atoms with Crippen LogP contribution in [0.5, 0.6) is 0 Å². The Balaban J connectivity index is 3.06. The van der Waals surface area contributed by atoms with Crippen LogP contribution in [0.15, 0.2) is 0 Å². The monoisotopic (exact) mass is 175 g/mol. The fourth-order valence-electron chi connectivity index (χ4n) is 0.893. The van der Waals surface area contributed by atoms with Crippen LogP contribution >= 0.6 is 0 Å². The van der Waals surface area contributed by atoms with E-state index in [-0.39, 0.29) is 0 Å². The highest BCUT2D eigenvalue weighted by atomic mass is 16.5. The Bertz CT molecular complexity index is 84.6. The molecule has 0 aromatic heterocycles. The van der Waals surface area contributed by atoms with Gasteiger partial charge >= 0.3 is 0 Å². The van der Waals surface area contributed by atoms with Crippen molar-refractivity contribution in [1.82, 2.24) is 5.32 Å². The van der Waals surface area contributed by atoms with Crippen molar-refractivity contribution in [2.45, 2.75) is 26.3 Å². The molecule has 0 amide bonds. The minimum Gasteiger partial charge on any atom is -0.379 e. The van der Waals surface area contributed by atoms with Gasteiger partial charge in [0.15, 0.2) is 0 Å². The van der Waals surface area contributed by atoms with Crippen molar-refractivity contribution < 1.29 is 9.47 Å². The first-order chi connectivity index (χ1) is 5.85. The van der Waals surface area contributed by atoms with Gasteiger partial charge in [0.1, 0.15) is 0 Å². The number of likely N-dealkylation sites (N-methyl/N-ethyl adjacent to an activating group) is 1. The summed E-state index contributed by atoms with van der Waals surface area (Å²) < 4.78 is 10.5. The van der Waals surface area contributed by atoms with Crippen LogP contribution in [0.1, 0.15) is 20.3 Å². The van der Waals surface area contributed by atoms with Gasteiger partial charge in [0.2, 0.25) is 0 Å². The first kappa shape index (κ1) is 11.9. The molecule has 1 unspecified atom stereocenters. The third-order valence-electron chi connectivity index (χ3n) is 1.80. The molecule has 0 saturated heterocycles. The Morgan fingerprint density at radius 2 is 1.83 bits per heavy atom. The molecule has 0 aliphatic rings. The quantitative estimate of drug-likeness (QED) is 0.559. The molecule has 0 radical (unpaired) electrons. The van der Waals surface area contributed by atoms with Crippen LogP contribution in [0.25, 0.3) is 0 Å². The first-order valence-electron chi connectivity index (χ1n) is 4.67. The molecule has 1 N–H and O–H groups in total. The van der Waals surface area contributed by atoms with Gasteiger partial charge in [0.05, 0.1) is 19.8 Å². The number of hydrogen-bond acceptors (Lipinski definition) is 3. The maximum atomic E-state index is 5.39. The fraction of sp³-hybridized carbons (Fsp3) is 1.00. The van der Waals surface area contributed by atoms with Gasteiger partial charge in [0.25, 0.3) is 0 Å². The molecule has 1 atom stereocenters. The minimum atomic E-state index is 0.478. The summed E-state index contributed by atoms with van der Waals surface area (Å²) in [5, 5.41) is 3.18. The second kappa shape index (κ2) is 8.97. The molecule has 0 saturated carbocycles. The van der Waals surface area contributed by atoms with E-state index in [4.69, 9.17) is 9.47 Å². The van der Waals surface area contributed by atoms with E-state index >= 15 is 0 Å². The molecule has 74 valence electrons. The topological polar surface area (TPSA) is 30.5 Å². The van der Waals surface area contributed by atoms with E-state index in [0.717, 1.165) is 19.6 Å². The molecule has 0 bridgehead atoms. The molecule has 3 heteroatoms. The van der Waals surface area contributed by atoms with Crippen LogP contribution < -0.4 is 5.32 Å². The zero-order valence-corrected chi connectivity index (χ0v) is 8.43. The minimum absolute atomic E-state index is 0.478. The van der Waals surface area contributed by atoms with Gasteiger partial charge in [-0.15, -0.1) is 0 Å². The highest BCUT2D eigenvalue weighted by Gasteiger charge is 2.01. The molecule has 0 fully saturated rings. The van der Waals surface area contributed by atoms with Crippen LogP contribution in [0.3, 0.4) is 0 Å². The van der Waals surface area contributed by atoms with Gasteiger partial charge in [-0.25, -0.2) is 0 Å². The van der Waals surface area contributed by atoms with Gasteiger partial charge < -0.3 is 14.8 Å². The summed E-state index contributed by atoms with van der Waals surface area (Å²) in [4.78, 5) is 0. The second-order valence-corrected chi connectivity index (χ2v) is 2.67. The summed E-state index contributed by atoms with van der Waals surface area (Å²) in [6, 6.07) is 0.478. The van der Waals surface area contributed by atoms with Crippen molar-refractivity contribution in [2.75, 3.05) is 33.5 Å². The smallest absolute Gasteiger partial charge is 0.0701 e. The zero-order valence-electron chi connectivity index (χ0n) is 8.43. The molecule has 0 aliphatic carbocycles. The Kier molecular flexibility index (Phi) is 8.88. The maximum absolute atomic E-state index is 5.39. The number of rotatable bonds is 8. The van der Waals surface area contributed by atoms with Crippen molar-refractivity contribution in [3.05, 3.63) is 0 Å². The molecule has 0 aromatic carbocycles. The van der Waals surface area contributed by atoms with Crippen LogP contribution in [0.4, 0.5) is 0 Å². The lowest BCUT2D eigenvalue weighted by atomic mass is 10.2. The van der Waals surface area contributed by atoms with Gasteiger partial charge in [0, 0.05) is 12.6 Å². The Labute approximate surface area is 75.4 Å². The largest absolute Gasteiger partial charge is 0.379 e. The third-order valence-corrected chi connectivity index (χ3v) is 1.80. The van der Waals surface area contributed by atoms with Crippen LogP contribution in [0.2, 0.25) is 0 Å². The lowest BCUT2D eigenvalue weighted by Gasteiger charge is -2.13. The van der Waals surface area contributed by atoms with Crippen molar-refractivity contribution >= 4 is 0 Å².